The fourth-order valence-electron chi connectivity index (χ4n) is 3.93. The van der Waals surface area contributed by atoms with Gasteiger partial charge in [-0.25, -0.2) is 0 Å². The molecule has 4 nitrogen and oxygen atoms in total. The van der Waals surface area contributed by atoms with Gasteiger partial charge in [0.1, 0.15) is 11.8 Å². The smallest absolute Gasteiger partial charge is 0.322 e. The van der Waals surface area contributed by atoms with Crippen LogP contribution in [0.5, 0.6) is 5.75 Å². The van der Waals surface area contributed by atoms with E-state index in [0.717, 1.165) is 31.4 Å². The maximum absolute atomic E-state index is 11.5. The lowest BCUT2D eigenvalue weighted by Crippen LogP contribution is -2.50. The Hall–Kier alpha value is -1.20. The van der Waals surface area contributed by atoms with Crippen molar-refractivity contribution in [3.8, 4) is 5.75 Å². The first kappa shape index (κ1) is 18.6. The van der Waals surface area contributed by atoms with Crippen LogP contribution in [0.25, 0.3) is 0 Å². The van der Waals surface area contributed by atoms with Gasteiger partial charge >= 0.3 is 5.97 Å². The lowest BCUT2D eigenvalue weighted by Gasteiger charge is -2.37. The van der Waals surface area contributed by atoms with Crippen LogP contribution in [0.2, 0.25) is 0 Å². The molecule has 0 amide bonds. The van der Waals surface area contributed by atoms with Crippen LogP contribution in [0.1, 0.15) is 64.9 Å². The number of hydrogen-bond donors (Lipinski definition) is 2. The van der Waals surface area contributed by atoms with Gasteiger partial charge in [-0.15, -0.1) is 11.8 Å². The van der Waals surface area contributed by atoms with Crippen molar-refractivity contribution in [1.29, 1.82) is 0 Å². The zero-order valence-electron chi connectivity index (χ0n) is 15.5. The van der Waals surface area contributed by atoms with Gasteiger partial charge in [0.05, 0.1) is 11.0 Å². The minimum atomic E-state index is -0.752. The molecule has 0 aromatic heterocycles. The van der Waals surface area contributed by atoms with E-state index >= 15 is 0 Å². The molecule has 2 fully saturated rings. The quantitative estimate of drug-likeness (QED) is 0.830. The summed E-state index contributed by atoms with van der Waals surface area (Å²) in [5.41, 5.74) is 1.32. The number of nitrogens with one attached hydrogen (secondary N) is 1. The molecule has 0 bridgehead atoms. The van der Waals surface area contributed by atoms with Gasteiger partial charge in [0.15, 0.2) is 0 Å². The summed E-state index contributed by atoms with van der Waals surface area (Å²) in [5.74, 6) is 0.707. The van der Waals surface area contributed by atoms with E-state index in [9.17, 15) is 9.90 Å². The summed E-state index contributed by atoms with van der Waals surface area (Å²) in [6, 6.07) is 7.91. The fourth-order valence-corrected chi connectivity index (χ4v) is 5.83. The largest absolute Gasteiger partial charge is 0.490 e. The molecule has 1 aliphatic heterocycles. The van der Waals surface area contributed by atoms with Crippen LogP contribution >= 0.6 is 11.8 Å². The van der Waals surface area contributed by atoms with Crippen molar-refractivity contribution in [1.82, 2.24) is 5.32 Å². The van der Waals surface area contributed by atoms with Crippen molar-refractivity contribution in [2.75, 3.05) is 0 Å². The van der Waals surface area contributed by atoms with Gasteiger partial charge in [-0.3, -0.25) is 10.1 Å². The van der Waals surface area contributed by atoms with Crippen LogP contribution in [0.4, 0.5) is 0 Å². The van der Waals surface area contributed by atoms with Crippen LogP contribution in [0.3, 0.4) is 0 Å². The van der Waals surface area contributed by atoms with Crippen LogP contribution in [-0.2, 0) is 4.79 Å². The minimum Gasteiger partial charge on any atom is -0.490 e. The Balaban J connectivity index is 1.58. The zero-order valence-corrected chi connectivity index (χ0v) is 16.4. The molecule has 1 spiro atoms. The SMILES string of the molecule is CC(C)c1ccc(OC2CCC3(CC2)N[C@H](C(=O)O)C(C)(C)S3)cc1. The van der Waals surface area contributed by atoms with E-state index in [0.29, 0.717) is 5.92 Å². The molecule has 1 heterocycles. The normalized spacial score (nSPS) is 31.4. The molecular formula is C20H29NO3S. The molecule has 1 aromatic rings. The van der Waals surface area contributed by atoms with Crippen molar-refractivity contribution in [3.63, 3.8) is 0 Å². The average molecular weight is 364 g/mol. The van der Waals surface area contributed by atoms with Gasteiger partial charge in [-0.2, -0.15) is 0 Å². The highest BCUT2D eigenvalue weighted by molar-refractivity contribution is 8.02. The number of aliphatic carboxylic acids is 1. The van der Waals surface area contributed by atoms with Crippen molar-refractivity contribution in [2.45, 2.75) is 81.1 Å². The van der Waals surface area contributed by atoms with Crippen LogP contribution in [-0.4, -0.2) is 32.8 Å². The Morgan fingerprint density at radius 2 is 1.84 bits per heavy atom. The summed E-state index contributed by atoms with van der Waals surface area (Å²) in [4.78, 5) is 11.4. The van der Waals surface area contributed by atoms with E-state index in [-0.39, 0.29) is 15.7 Å². The number of carbonyl (C=O) groups is 1. The molecule has 25 heavy (non-hydrogen) atoms. The number of benzene rings is 1. The van der Waals surface area contributed by atoms with Crippen molar-refractivity contribution < 1.29 is 14.6 Å². The number of thioether (sulfide) groups is 1. The number of rotatable bonds is 4. The average Bonchev–Trinajstić information content (AvgIpc) is 2.81. The minimum absolute atomic E-state index is 0.117. The molecule has 2 N–H and O–H groups in total. The third-order valence-corrected chi connectivity index (χ3v) is 7.08. The lowest BCUT2D eigenvalue weighted by molar-refractivity contribution is -0.140. The van der Waals surface area contributed by atoms with E-state index in [1.165, 1.54) is 5.56 Å². The maximum atomic E-state index is 11.5. The molecule has 1 saturated carbocycles. The molecule has 3 rings (SSSR count). The molecule has 0 unspecified atom stereocenters. The molecule has 1 aliphatic carbocycles. The summed E-state index contributed by atoms with van der Waals surface area (Å²) in [6.45, 7) is 8.43. The molecule has 2 aliphatic rings. The highest BCUT2D eigenvalue weighted by atomic mass is 32.2. The zero-order chi connectivity index (χ0) is 18.2. The Labute approximate surface area is 154 Å². The standard InChI is InChI=1S/C20H29NO3S/c1-13(2)14-5-7-15(8-6-14)24-16-9-11-20(12-10-16)21-17(18(22)23)19(3,4)25-20/h5-8,13,16-17,21H,9-12H2,1-4H3,(H,22,23)/t16?,17-,20?/m1/s1. The summed E-state index contributed by atoms with van der Waals surface area (Å²) < 4.78 is 5.88. The van der Waals surface area contributed by atoms with E-state index in [4.69, 9.17) is 4.74 Å². The van der Waals surface area contributed by atoms with E-state index in [1.807, 2.05) is 13.8 Å². The molecule has 138 valence electrons. The first-order valence-corrected chi connectivity index (χ1v) is 10.00. The monoisotopic (exact) mass is 363 g/mol. The third kappa shape index (κ3) is 3.98. The molecule has 0 radical (unpaired) electrons. The number of carboxylic acids is 1. The lowest BCUT2D eigenvalue weighted by atomic mass is 9.91. The summed E-state index contributed by atoms with van der Waals surface area (Å²) >= 11 is 1.79. The van der Waals surface area contributed by atoms with Crippen LogP contribution in [0.15, 0.2) is 24.3 Å². The number of carboxylic acid groups (broad SMARTS) is 1. The predicted octanol–water partition coefficient (Wildman–Crippen LogP) is 4.40. The molecule has 1 saturated heterocycles. The predicted molar refractivity (Wildman–Crippen MR) is 102 cm³/mol. The van der Waals surface area contributed by atoms with Gasteiger partial charge in [0.25, 0.3) is 0 Å². The third-order valence-electron chi connectivity index (χ3n) is 5.40. The van der Waals surface area contributed by atoms with Crippen LogP contribution < -0.4 is 10.1 Å². The van der Waals surface area contributed by atoms with Gasteiger partial charge in [-0.05, 0) is 63.1 Å². The second-order valence-corrected chi connectivity index (χ2v) is 10.2. The van der Waals surface area contributed by atoms with Gasteiger partial charge in [0, 0.05) is 4.75 Å². The Kier molecular flexibility index (Phi) is 5.09. The second kappa shape index (κ2) is 6.84. The Morgan fingerprint density at radius 1 is 1.24 bits per heavy atom. The molecule has 5 heteroatoms. The highest BCUT2D eigenvalue weighted by Crippen LogP contribution is 2.51. The summed E-state index contributed by atoms with van der Waals surface area (Å²) in [6.07, 6.45) is 4.01. The molecular weight excluding hydrogens is 334 g/mol. The molecule has 1 aromatic carbocycles. The fraction of sp³-hybridized carbons (Fsp3) is 0.650. The highest BCUT2D eigenvalue weighted by Gasteiger charge is 2.54. The second-order valence-electron chi connectivity index (χ2n) is 8.16. The van der Waals surface area contributed by atoms with Crippen LogP contribution in [0, 0.1) is 0 Å². The first-order chi connectivity index (χ1) is 11.7. The Bertz CT molecular complexity index is 618. The Morgan fingerprint density at radius 3 is 2.32 bits per heavy atom. The summed E-state index contributed by atoms with van der Waals surface area (Å²) in [7, 11) is 0. The first-order valence-electron chi connectivity index (χ1n) is 9.18. The van der Waals surface area contributed by atoms with Gasteiger partial charge in [0.2, 0.25) is 0 Å². The maximum Gasteiger partial charge on any atom is 0.322 e. The van der Waals surface area contributed by atoms with Crippen molar-refractivity contribution >= 4 is 17.7 Å². The van der Waals surface area contributed by atoms with Gasteiger partial charge in [-0.1, -0.05) is 26.0 Å². The number of ether oxygens (including phenoxy) is 1. The van der Waals surface area contributed by atoms with Crippen molar-refractivity contribution in [2.24, 2.45) is 0 Å². The van der Waals surface area contributed by atoms with E-state index in [2.05, 4.69) is 43.4 Å². The number of hydrogen-bond acceptors (Lipinski definition) is 4. The van der Waals surface area contributed by atoms with Gasteiger partial charge < -0.3 is 9.84 Å². The topological polar surface area (TPSA) is 58.6 Å². The van der Waals surface area contributed by atoms with Crippen molar-refractivity contribution in [3.05, 3.63) is 29.8 Å². The van der Waals surface area contributed by atoms with E-state index in [1.54, 1.807) is 11.8 Å². The molecule has 1 atom stereocenters. The van der Waals surface area contributed by atoms with E-state index < -0.39 is 12.0 Å². The summed E-state index contributed by atoms with van der Waals surface area (Å²) in [5, 5.41) is 12.9.